The van der Waals surface area contributed by atoms with E-state index in [-0.39, 0.29) is 18.9 Å². The highest BCUT2D eigenvalue weighted by Crippen LogP contribution is 2.21. The molecule has 0 radical (unpaired) electrons. The van der Waals surface area contributed by atoms with Gasteiger partial charge < -0.3 is 25.5 Å². The van der Waals surface area contributed by atoms with E-state index in [1.807, 2.05) is 26.0 Å². The Morgan fingerprint density at radius 3 is 2.41 bits per heavy atom. The predicted octanol–water partition coefficient (Wildman–Crippen LogP) is 4.29. The molecule has 1 heterocycles. The van der Waals surface area contributed by atoms with Crippen molar-refractivity contribution in [1.82, 2.24) is 16.0 Å². The first-order valence-corrected chi connectivity index (χ1v) is 11.6. The summed E-state index contributed by atoms with van der Waals surface area (Å²) >= 11 is 5.99. The fraction of sp³-hybridized carbons (Fsp3) is 0.440. The molecule has 9 heteroatoms. The molecule has 0 saturated carbocycles. The minimum absolute atomic E-state index is 0.212. The number of hydrogen-bond acceptors (Lipinski definition) is 5. The first-order chi connectivity index (χ1) is 16.2. The van der Waals surface area contributed by atoms with Gasteiger partial charge in [0.25, 0.3) is 5.91 Å². The van der Waals surface area contributed by atoms with Crippen LogP contribution in [0, 0.1) is 11.8 Å². The summed E-state index contributed by atoms with van der Waals surface area (Å²) in [5.41, 5.74) is 1.16. The second-order valence-corrected chi connectivity index (χ2v) is 8.94. The van der Waals surface area contributed by atoms with Crippen molar-refractivity contribution >= 4 is 23.4 Å². The van der Waals surface area contributed by atoms with Crippen LogP contribution < -0.4 is 16.0 Å². The number of alkyl halides is 1. The molecule has 0 fully saturated rings. The van der Waals surface area contributed by atoms with Crippen LogP contribution >= 0.6 is 11.6 Å². The fourth-order valence-electron chi connectivity index (χ4n) is 3.48. The molecule has 0 saturated heterocycles. The Morgan fingerprint density at radius 1 is 1.15 bits per heavy atom. The van der Waals surface area contributed by atoms with Crippen LogP contribution in [-0.4, -0.2) is 36.2 Å². The molecular weight excluding hydrogens is 461 g/mol. The van der Waals surface area contributed by atoms with Gasteiger partial charge in [0.05, 0.1) is 30.5 Å². The number of nitrogens with one attached hydrogen (secondary N) is 3. The highest BCUT2D eigenvalue weighted by Gasteiger charge is 2.34. The Kier molecular flexibility index (Phi) is 10.9. The monoisotopic (exact) mass is 493 g/mol. The third-order valence-electron chi connectivity index (χ3n) is 5.47. The van der Waals surface area contributed by atoms with Crippen molar-refractivity contribution in [3.63, 3.8) is 0 Å². The predicted molar refractivity (Wildman–Crippen MR) is 130 cm³/mol. The normalized spacial score (nSPS) is 14.4. The van der Waals surface area contributed by atoms with Crippen molar-refractivity contribution in [1.29, 1.82) is 0 Å². The molecule has 7 nitrogen and oxygen atoms in total. The van der Waals surface area contributed by atoms with Crippen molar-refractivity contribution in [3.05, 3.63) is 71.0 Å². The molecular formula is C25H33ClFN3O4. The van der Waals surface area contributed by atoms with E-state index in [1.54, 1.807) is 24.3 Å². The Morgan fingerprint density at radius 2 is 1.85 bits per heavy atom. The molecule has 0 aliphatic carbocycles. The second-order valence-electron chi connectivity index (χ2n) is 8.50. The van der Waals surface area contributed by atoms with Crippen LogP contribution in [0.2, 0.25) is 5.02 Å². The third-order valence-corrected chi connectivity index (χ3v) is 5.72. The molecule has 2 amide bonds. The number of rotatable bonds is 13. The number of amides is 2. The fourth-order valence-corrected chi connectivity index (χ4v) is 3.60. The summed E-state index contributed by atoms with van der Waals surface area (Å²) < 4.78 is 20.2. The van der Waals surface area contributed by atoms with E-state index in [0.29, 0.717) is 29.3 Å². The minimum Gasteiger partial charge on any atom is -0.514 e. The van der Waals surface area contributed by atoms with Crippen LogP contribution in [0.5, 0.6) is 0 Å². The van der Waals surface area contributed by atoms with E-state index in [9.17, 15) is 19.1 Å². The highest BCUT2D eigenvalue weighted by atomic mass is 35.5. The van der Waals surface area contributed by atoms with Gasteiger partial charge in [-0.05, 0) is 48.6 Å². The van der Waals surface area contributed by atoms with Crippen LogP contribution in [-0.2, 0) is 22.6 Å². The minimum atomic E-state index is -1.99. The Hall–Kier alpha value is -3.00. The Balaban J connectivity index is 2.25. The number of hydrogen-bond donors (Lipinski definition) is 4. The van der Waals surface area contributed by atoms with Crippen LogP contribution in [0.3, 0.4) is 0 Å². The molecule has 2 rings (SSSR count). The zero-order chi connectivity index (χ0) is 25.1. The van der Waals surface area contributed by atoms with Crippen LogP contribution in [0.25, 0.3) is 0 Å². The van der Waals surface area contributed by atoms with Gasteiger partial charge in [-0.3, -0.25) is 9.59 Å². The molecule has 1 aromatic heterocycles. The number of carbonyl (C=O) groups excluding carboxylic acids is 2. The third kappa shape index (κ3) is 8.41. The smallest absolute Gasteiger partial charge is 0.255 e. The zero-order valence-corrected chi connectivity index (χ0v) is 20.4. The van der Waals surface area contributed by atoms with E-state index in [1.165, 1.54) is 13.3 Å². The summed E-state index contributed by atoms with van der Waals surface area (Å²) in [6, 6.07) is 9.86. The number of benzene rings is 1. The summed E-state index contributed by atoms with van der Waals surface area (Å²) in [5, 5.41) is 18.7. The number of halogens is 2. The lowest BCUT2D eigenvalue weighted by Crippen LogP contribution is -2.48. The van der Waals surface area contributed by atoms with Crippen molar-refractivity contribution < 1.29 is 23.5 Å². The maximum Gasteiger partial charge on any atom is 0.255 e. The van der Waals surface area contributed by atoms with Gasteiger partial charge in [-0.2, -0.15) is 0 Å². The van der Waals surface area contributed by atoms with Crippen LogP contribution in [0.1, 0.15) is 38.0 Å². The summed E-state index contributed by atoms with van der Waals surface area (Å²) in [4.78, 5) is 25.2. The summed E-state index contributed by atoms with van der Waals surface area (Å²) in [5.74, 6) is -1.74. The quantitative estimate of drug-likeness (QED) is 0.312. The largest absolute Gasteiger partial charge is 0.514 e. The summed E-state index contributed by atoms with van der Waals surface area (Å²) in [6.07, 6.45) is 1.51. The molecule has 2 aromatic rings. The lowest BCUT2D eigenvalue weighted by molar-refractivity contribution is -0.136. The van der Waals surface area contributed by atoms with Gasteiger partial charge in [0.15, 0.2) is 6.17 Å². The molecule has 4 N–H and O–H groups in total. The number of aliphatic hydroxyl groups excluding tert-OH is 1. The lowest BCUT2D eigenvalue weighted by Gasteiger charge is -2.26. The Bertz CT molecular complexity index is 932. The van der Waals surface area contributed by atoms with Gasteiger partial charge in [-0.1, -0.05) is 44.0 Å². The van der Waals surface area contributed by atoms with Gasteiger partial charge in [0.1, 0.15) is 12.0 Å². The van der Waals surface area contributed by atoms with E-state index in [2.05, 4.69) is 16.0 Å². The molecule has 3 atom stereocenters. The van der Waals surface area contributed by atoms with Gasteiger partial charge in [-0.15, -0.1) is 0 Å². The summed E-state index contributed by atoms with van der Waals surface area (Å²) in [7, 11) is 1.33. The average molecular weight is 494 g/mol. The molecule has 0 spiro atoms. The molecule has 34 heavy (non-hydrogen) atoms. The number of furan rings is 1. The zero-order valence-electron chi connectivity index (χ0n) is 19.7. The SMILES string of the molecule is CNC(=O)[C@H](F)[C@@H](CCC(C)C)C(=O)N[C@@H](Cc1ccc(Cl)cc1)C(=CO)NCc1ccco1. The van der Waals surface area contributed by atoms with Gasteiger partial charge in [-0.25, -0.2) is 4.39 Å². The number of carbonyl (C=O) groups is 2. The second kappa shape index (κ2) is 13.6. The van der Waals surface area contributed by atoms with Crippen molar-refractivity contribution in [2.75, 3.05) is 7.05 Å². The maximum atomic E-state index is 14.9. The molecule has 0 aliphatic heterocycles. The summed E-state index contributed by atoms with van der Waals surface area (Å²) in [6.45, 7) is 4.21. The van der Waals surface area contributed by atoms with Crippen LogP contribution in [0.4, 0.5) is 4.39 Å². The Labute approximate surface area is 204 Å². The first kappa shape index (κ1) is 27.2. The molecule has 0 aliphatic rings. The first-order valence-electron chi connectivity index (χ1n) is 11.3. The maximum absolute atomic E-state index is 14.9. The number of aliphatic hydroxyl groups is 1. The molecule has 1 aromatic carbocycles. The molecule has 0 bridgehead atoms. The van der Waals surface area contributed by atoms with Crippen molar-refractivity contribution in [2.24, 2.45) is 11.8 Å². The average Bonchev–Trinajstić information content (AvgIpc) is 3.33. The van der Waals surface area contributed by atoms with E-state index in [4.69, 9.17) is 16.0 Å². The molecule has 0 unspecified atom stereocenters. The standard InChI is InChI=1S/C25H33ClFN3O4/c1-16(2)6-11-20(23(27)25(33)28-3)24(32)30-21(13-17-7-9-18(26)10-8-17)22(15-31)29-14-19-5-4-12-34-19/h4-5,7-10,12,15-16,20-21,23,29,31H,6,11,13-14H2,1-3H3,(H,28,33)(H,30,32)/t20-,21+,23-/m1/s1. The van der Waals surface area contributed by atoms with Crippen LogP contribution in [0.15, 0.2) is 59.0 Å². The topological polar surface area (TPSA) is 104 Å². The lowest BCUT2D eigenvalue weighted by atomic mass is 9.91. The van der Waals surface area contributed by atoms with Gasteiger partial charge >= 0.3 is 0 Å². The van der Waals surface area contributed by atoms with Crippen molar-refractivity contribution in [3.8, 4) is 0 Å². The van der Waals surface area contributed by atoms with Gasteiger partial charge in [0.2, 0.25) is 5.91 Å². The highest BCUT2D eigenvalue weighted by molar-refractivity contribution is 6.30. The van der Waals surface area contributed by atoms with Crippen molar-refractivity contribution in [2.45, 2.75) is 51.9 Å². The van der Waals surface area contributed by atoms with E-state index >= 15 is 0 Å². The van der Waals surface area contributed by atoms with Gasteiger partial charge in [0, 0.05) is 12.1 Å². The van der Waals surface area contributed by atoms with E-state index in [0.717, 1.165) is 11.8 Å². The molecule has 186 valence electrons. The van der Waals surface area contributed by atoms with E-state index < -0.39 is 29.9 Å².